The van der Waals surface area contributed by atoms with E-state index in [4.69, 9.17) is 28.5 Å². The number of anilines is 1. The second-order valence-electron chi connectivity index (χ2n) is 5.60. The van der Waals surface area contributed by atoms with E-state index < -0.39 is 0 Å². The van der Waals surface area contributed by atoms with Crippen molar-refractivity contribution in [1.82, 2.24) is 0 Å². The van der Waals surface area contributed by atoms with Crippen molar-refractivity contribution in [2.45, 2.75) is 13.0 Å². The summed E-state index contributed by atoms with van der Waals surface area (Å²) in [5, 5.41) is 12.6. The van der Waals surface area contributed by atoms with Crippen LogP contribution in [0.5, 0.6) is 0 Å². The summed E-state index contributed by atoms with van der Waals surface area (Å²) in [6.07, 6.45) is 0.363. The van der Waals surface area contributed by atoms with Crippen LogP contribution in [0.25, 0.3) is 0 Å². The highest BCUT2D eigenvalue weighted by atomic mass is 35.5. The molecule has 2 aromatic rings. The number of likely N-dealkylation sites (N-methyl/N-ethyl adjacent to an activating group) is 1. The number of benzene rings is 2. The number of amides is 1. The van der Waals surface area contributed by atoms with Gasteiger partial charge in [0.2, 0.25) is 0 Å². The summed E-state index contributed by atoms with van der Waals surface area (Å²) in [6.45, 7) is 0.913. The van der Waals surface area contributed by atoms with Crippen molar-refractivity contribution < 1.29 is 9.69 Å². The Morgan fingerprint density at radius 3 is 2.58 bits per heavy atom. The molecule has 0 bridgehead atoms. The van der Waals surface area contributed by atoms with E-state index in [1.807, 2.05) is 31.3 Å². The Morgan fingerprint density at radius 1 is 1.21 bits per heavy atom. The van der Waals surface area contributed by atoms with Crippen LogP contribution in [0.2, 0.25) is 10.0 Å². The molecule has 0 fully saturated rings. The second-order valence-corrected chi connectivity index (χ2v) is 6.39. The maximum absolute atomic E-state index is 12.1. The fourth-order valence-electron chi connectivity index (χ4n) is 2.35. The Balaban J connectivity index is 1.89. The maximum Gasteiger partial charge on any atom is 0.279 e. The van der Waals surface area contributed by atoms with Crippen LogP contribution in [0, 0.1) is 11.3 Å². The van der Waals surface area contributed by atoms with Crippen molar-refractivity contribution in [3.05, 3.63) is 63.6 Å². The van der Waals surface area contributed by atoms with Gasteiger partial charge >= 0.3 is 0 Å². The normalized spacial score (nSPS) is 11.6. The summed E-state index contributed by atoms with van der Waals surface area (Å²) >= 11 is 12.2. The fourth-order valence-corrected chi connectivity index (χ4v) is 2.74. The molecular formula is C18H18Cl2N3O+. The van der Waals surface area contributed by atoms with E-state index in [9.17, 15) is 4.79 Å². The molecule has 0 aromatic heterocycles. The number of nitriles is 1. The van der Waals surface area contributed by atoms with Gasteiger partial charge in [-0.05, 0) is 23.8 Å². The van der Waals surface area contributed by atoms with E-state index in [1.165, 1.54) is 0 Å². The molecular weight excluding hydrogens is 345 g/mol. The first kappa shape index (κ1) is 18.3. The fraction of sp³-hybridized carbons (Fsp3) is 0.222. The molecule has 124 valence electrons. The quantitative estimate of drug-likeness (QED) is 0.829. The smallest absolute Gasteiger partial charge is 0.279 e. The lowest BCUT2D eigenvalue weighted by Crippen LogP contribution is -3.08. The average molecular weight is 363 g/mol. The monoisotopic (exact) mass is 362 g/mol. The molecule has 2 rings (SSSR count). The molecule has 0 saturated carbocycles. The molecule has 0 spiro atoms. The van der Waals surface area contributed by atoms with Gasteiger partial charge < -0.3 is 10.2 Å². The van der Waals surface area contributed by atoms with Gasteiger partial charge in [0.1, 0.15) is 6.54 Å². The second kappa shape index (κ2) is 8.70. The Morgan fingerprint density at radius 2 is 1.92 bits per heavy atom. The largest absolute Gasteiger partial charge is 0.326 e. The first-order valence-corrected chi connectivity index (χ1v) is 8.25. The lowest BCUT2D eigenvalue weighted by atomic mass is 10.1. The third-order valence-electron chi connectivity index (χ3n) is 3.51. The molecule has 6 heteroatoms. The first-order chi connectivity index (χ1) is 11.5. The maximum atomic E-state index is 12.1. The summed E-state index contributed by atoms with van der Waals surface area (Å²) < 4.78 is 0. The molecule has 2 N–H and O–H groups in total. The Kier molecular flexibility index (Phi) is 6.62. The number of nitrogens with zero attached hydrogens (tertiary/aromatic N) is 1. The standard InChI is InChI=1S/C18H17Cl2N3O/c1-23(11-14-3-2-4-16(19)18(14)20)12-17(24)22-15-7-5-13(6-8-15)9-10-21/h2-8H,9,11-12H2,1H3,(H,22,24)/p+1. The minimum atomic E-state index is -0.0846. The van der Waals surface area contributed by atoms with Crippen molar-refractivity contribution in [2.24, 2.45) is 0 Å². The zero-order valence-electron chi connectivity index (χ0n) is 13.3. The van der Waals surface area contributed by atoms with E-state index in [1.54, 1.807) is 18.2 Å². The number of carbonyl (C=O) groups is 1. The third kappa shape index (κ3) is 5.24. The van der Waals surface area contributed by atoms with Gasteiger partial charge in [0, 0.05) is 11.3 Å². The van der Waals surface area contributed by atoms with Crippen LogP contribution in [-0.4, -0.2) is 19.5 Å². The van der Waals surface area contributed by atoms with E-state index in [0.717, 1.165) is 21.7 Å². The highest BCUT2D eigenvalue weighted by molar-refractivity contribution is 6.42. The van der Waals surface area contributed by atoms with Gasteiger partial charge in [-0.15, -0.1) is 0 Å². The summed E-state index contributed by atoms with van der Waals surface area (Å²) in [6, 6.07) is 14.9. The molecule has 1 amide bonds. The van der Waals surface area contributed by atoms with Crippen LogP contribution in [0.15, 0.2) is 42.5 Å². The van der Waals surface area contributed by atoms with Crippen LogP contribution >= 0.6 is 23.2 Å². The van der Waals surface area contributed by atoms with Gasteiger partial charge in [-0.2, -0.15) is 5.26 Å². The first-order valence-electron chi connectivity index (χ1n) is 7.49. The van der Waals surface area contributed by atoms with E-state index in [0.29, 0.717) is 29.6 Å². The van der Waals surface area contributed by atoms with Crippen LogP contribution < -0.4 is 10.2 Å². The molecule has 0 aliphatic heterocycles. The SMILES string of the molecule is C[NH+](CC(=O)Nc1ccc(CC#N)cc1)Cc1cccc(Cl)c1Cl. The molecule has 0 saturated heterocycles. The van der Waals surface area contributed by atoms with Crippen molar-refractivity contribution in [3.63, 3.8) is 0 Å². The third-order valence-corrected chi connectivity index (χ3v) is 4.37. The van der Waals surface area contributed by atoms with Gasteiger partial charge in [0.05, 0.1) is 29.6 Å². The zero-order valence-corrected chi connectivity index (χ0v) is 14.8. The molecule has 1 unspecified atom stereocenters. The Bertz CT molecular complexity index is 754. The predicted octanol–water partition coefficient (Wildman–Crippen LogP) is 2.71. The molecule has 0 aliphatic rings. The lowest BCUT2D eigenvalue weighted by molar-refractivity contribution is -0.885. The number of halogens is 2. The van der Waals surface area contributed by atoms with Crippen LogP contribution in [-0.2, 0) is 17.8 Å². The highest BCUT2D eigenvalue weighted by Gasteiger charge is 2.13. The van der Waals surface area contributed by atoms with Gasteiger partial charge in [-0.25, -0.2) is 0 Å². The summed E-state index contributed by atoms with van der Waals surface area (Å²) in [7, 11) is 1.92. The average Bonchev–Trinajstić information content (AvgIpc) is 2.54. The van der Waals surface area contributed by atoms with Crippen LogP contribution in [0.1, 0.15) is 11.1 Å². The number of carbonyl (C=O) groups excluding carboxylic acids is 1. The number of quaternary nitrogens is 1. The summed E-state index contributed by atoms with van der Waals surface area (Å²) in [5.41, 5.74) is 2.56. The van der Waals surface area contributed by atoms with E-state index >= 15 is 0 Å². The molecule has 0 heterocycles. The number of hydrogen-bond acceptors (Lipinski definition) is 2. The van der Waals surface area contributed by atoms with Gasteiger partial charge in [-0.3, -0.25) is 4.79 Å². The van der Waals surface area contributed by atoms with Crippen molar-refractivity contribution >= 4 is 34.8 Å². The predicted molar refractivity (Wildman–Crippen MR) is 96.3 cm³/mol. The van der Waals surface area contributed by atoms with Gasteiger partial charge in [-0.1, -0.05) is 47.5 Å². The number of rotatable bonds is 6. The van der Waals surface area contributed by atoms with Crippen molar-refractivity contribution in [2.75, 3.05) is 18.9 Å². The molecule has 4 nitrogen and oxygen atoms in total. The Hall–Kier alpha value is -2.06. The number of hydrogen-bond donors (Lipinski definition) is 2. The van der Waals surface area contributed by atoms with Gasteiger partial charge in [0.25, 0.3) is 5.91 Å². The topological polar surface area (TPSA) is 57.3 Å². The zero-order chi connectivity index (χ0) is 17.5. The van der Waals surface area contributed by atoms with Crippen LogP contribution in [0.4, 0.5) is 5.69 Å². The number of nitrogens with one attached hydrogen (secondary N) is 2. The Labute approximate surface area is 151 Å². The van der Waals surface area contributed by atoms with Gasteiger partial charge in [0.15, 0.2) is 6.54 Å². The van der Waals surface area contributed by atoms with E-state index in [2.05, 4.69) is 11.4 Å². The molecule has 1 atom stereocenters. The van der Waals surface area contributed by atoms with Crippen molar-refractivity contribution in [3.8, 4) is 6.07 Å². The summed E-state index contributed by atoms with van der Waals surface area (Å²) in [4.78, 5) is 13.1. The highest BCUT2D eigenvalue weighted by Crippen LogP contribution is 2.24. The van der Waals surface area contributed by atoms with E-state index in [-0.39, 0.29) is 5.91 Å². The van der Waals surface area contributed by atoms with Crippen molar-refractivity contribution in [1.29, 1.82) is 5.26 Å². The minimum absolute atomic E-state index is 0.0846. The van der Waals surface area contributed by atoms with Crippen LogP contribution in [0.3, 0.4) is 0 Å². The molecule has 0 aliphatic carbocycles. The molecule has 0 radical (unpaired) electrons. The lowest BCUT2D eigenvalue weighted by Gasteiger charge is -2.15. The molecule has 2 aromatic carbocycles. The molecule has 24 heavy (non-hydrogen) atoms. The minimum Gasteiger partial charge on any atom is -0.326 e. The summed E-state index contributed by atoms with van der Waals surface area (Å²) in [5.74, 6) is -0.0846.